The second-order valence-corrected chi connectivity index (χ2v) is 2.83. The molecule has 74 valence electrons. The molecule has 0 N–H and O–H groups in total. The van der Waals surface area contributed by atoms with Gasteiger partial charge in [0.05, 0.1) is 5.56 Å². The third-order valence-corrected chi connectivity index (χ3v) is 1.87. The highest BCUT2D eigenvalue weighted by molar-refractivity contribution is 9.10. The minimum absolute atomic E-state index is 0.0764. The summed E-state index contributed by atoms with van der Waals surface area (Å²) in [7, 11) is 0. The molecule has 0 unspecified atom stereocenters. The summed E-state index contributed by atoms with van der Waals surface area (Å²) in [5.41, 5.74) is -0.639. The molecule has 0 saturated heterocycles. The highest BCUT2D eigenvalue weighted by Gasteiger charge is 2.32. The number of hydrogen-bond acceptors (Lipinski definition) is 0. The molecule has 0 atom stereocenters. The van der Waals surface area contributed by atoms with Crippen molar-refractivity contribution in [3.05, 3.63) is 34.3 Å². The first-order valence-corrected chi connectivity index (χ1v) is 4.63. The zero-order valence-electron chi connectivity index (χ0n) is 7.32. The van der Waals surface area contributed by atoms with Gasteiger partial charge in [0, 0.05) is 4.47 Å². The quantitative estimate of drug-likeness (QED) is 0.640. The van der Waals surface area contributed by atoms with Crippen LogP contribution in [0.2, 0.25) is 0 Å². The van der Waals surface area contributed by atoms with Crippen LogP contribution in [-0.4, -0.2) is 0 Å². The van der Waals surface area contributed by atoms with Gasteiger partial charge in [-0.15, -0.1) is 0 Å². The molecule has 0 aromatic heterocycles. The Hall–Kier alpha value is -0.510. The summed E-state index contributed by atoms with van der Waals surface area (Å²) in [5.74, 6) is 0. The van der Waals surface area contributed by atoms with Crippen molar-refractivity contribution in [2.75, 3.05) is 0 Å². The van der Waals surface area contributed by atoms with Crippen molar-refractivity contribution < 1.29 is 13.2 Å². The van der Waals surface area contributed by atoms with Crippen molar-refractivity contribution in [1.82, 2.24) is 0 Å². The molecule has 0 radical (unpaired) electrons. The van der Waals surface area contributed by atoms with Crippen LogP contribution in [0.3, 0.4) is 0 Å². The molecule has 0 spiro atoms. The van der Waals surface area contributed by atoms with Crippen molar-refractivity contribution in [3.63, 3.8) is 0 Å². The lowest BCUT2D eigenvalue weighted by Crippen LogP contribution is -2.05. The molecule has 4 heteroatoms. The van der Waals surface area contributed by atoms with Crippen LogP contribution >= 0.6 is 15.9 Å². The Labute approximate surface area is 83.9 Å². The molecule has 1 rings (SSSR count). The Morgan fingerprint density at radius 2 is 1.54 bits per heavy atom. The summed E-state index contributed by atoms with van der Waals surface area (Å²) in [5, 5.41) is 0. The van der Waals surface area contributed by atoms with Crippen LogP contribution in [0.25, 0.3) is 0 Å². The van der Waals surface area contributed by atoms with Gasteiger partial charge in [-0.2, -0.15) is 13.2 Å². The molecule has 0 aliphatic heterocycles. The zero-order valence-corrected chi connectivity index (χ0v) is 8.91. The van der Waals surface area contributed by atoms with Gasteiger partial charge < -0.3 is 0 Å². The van der Waals surface area contributed by atoms with Gasteiger partial charge in [0.25, 0.3) is 0 Å². The van der Waals surface area contributed by atoms with Crippen molar-refractivity contribution in [2.24, 2.45) is 0 Å². The summed E-state index contributed by atoms with van der Waals surface area (Å²) >= 11 is 2.81. The number of halogens is 4. The van der Waals surface area contributed by atoms with E-state index in [9.17, 15) is 13.2 Å². The van der Waals surface area contributed by atoms with Crippen molar-refractivity contribution >= 4 is 15.9 Å². The van der Waals surface area contributed by atoms with E-state index in [1.807, 2.05) is 13.8 Å². The molecule has 0 bridgehead atoms. The topological polar surface area (TPSA) is 0 Å². The van der Waals surface area contributed by atoms with Crippen molar-refractivity contribution in [2.45, 2.75) is 20.0 Å². The molecule has 0 amide bonds. The van der Waals surface area contributed by atoms with E-state index in [-0.39, 0.29) is 4.47 Å². The third-order valence-electron chi connectivity index (χ3n) is 1.18. The first-order valence-electron chi connectivity index (χ1n) is 3.83. The van der Waals surface area contributed by atoms with E-state index in [2.05, 4.69) is 15.9 Å². The van der Waals surface area contributed by atoms with Crippen LogP contribution in [0.15, 0.2) is 28.7 Å². The van der Waals surface area contributed by atoms with Gasteiger partial charge in [-0.05, 0) is 12.1 Å². The molecule has 0 saturated carbocycles. The van der Waals surface area contributed by atoms with Gasteiger partial charge in [0.2, 0.25) is 0 Å². The Bertz CT molecular complexity index is 255. The molecule has 0 aliphatic rings. The Morgan fingerprint density at radius 1 is 1.08 bits per heavy atom. The molecule has 0 fully saturated rings. The molecular weight excluding hydrogens is 245 g/mol. The Morgan fingerprint density at radius 3 is 1.85 bits per heavy atom. The molecular formula is C9H10BrF3. The fourth-order valence-corrected chi connectivity index (χ4v) is 1.20. The predicted molar refractivity (Wildman–Crippen MR) is 50.5 cm³/mol. The molecule has 1 aromatic carbocycles. The maximum Gasteiger partial charge on any atom is 0.417 e. The average molecular weight is 255 g/mol. The van der Waals surface area contributed by atoms with Crippen LogP contribution in [0, 0.1) is 0 Å². The average Bonchev–Trinajstić information content (AvgIpc) is 2.07. The van der Waals surface area contributed by atoms with Gasteiger partial charge in [0.1, 0.15) is 0 Å². The fraction of sp³-hybridized carbons (Fsp3) is 0.333. The summed E-state index contributed by atoms with van der Waals surface area (Å²) in [6.45, 7) is 4.00. The number of alkyl halides is 3. The van der Waals surface area contributed by atoms with E-state index in [1.165, 1.54) is 12.1 Å². The van der Waals surface area contributed by atoms with Crippen LogP contribution in [0.1, 0.15) is 19.4 Å². The number of rotatable bonds is 0. The monoisotopic (exact) mass is 254 g/mol. The normalized spacial score (nSPS) is 10.3. The molecule has 0 aliphatic carbocycles. The second-order valence-electron chi connectivity index (χ2n) is 1.98. The van der Waals surface area contributed by atoms with Gasteiger partial charge >= 0.3 is 6.18 Å². The fourth-order valence-electron chi connectivity index (χ4n) is 0.691. The van der Waals surface area contributed by atoms with E-state index in [1.54, 1.807) is 6.07 Å². The maximum atomic E-state index is 12.0. The summed E-state index contributed by atoms with van der Waals surface area (Å²) in [6.07, 6.45) is -4.26. The molecule has 1 aromatic rings. The van der Waals surface area contributed by atoms with Gasteiger partial charge in [0.15, 0.2) is 0 Å². The lowest BCUT2D eigenvalue weighted by molar-refractivity contribution is -0.138. The molecule has 13 heavy (non-hydrogen) atoms. The van der Waals surface area contributed by atoms with Crippen molar-refractivity contribution in [3.8, 4) is 0 Å². The first-order chi connectivity index (χ1) is 6.02. The SMILES string of the molecule is CC.FC(F)(F)c1ccccc1Br. The Balaban J connectivity index is 0.000000671. The van der Waals surface area contributed by atoms with Gasteiger partial charge in [-0.1, -0.05) is 41.9 Å². The van der Waals surface area contributed by atoms with E-state index in [0.717, 1.165) is 6.07 Å². The molecule has 0 nitrogen and oxygen atoms in total. The number of benzene rings is 1. The first kappa shape index (κ1) is 12.5. The second kappa shape index (κ2) is 5.27. The van der Waals surface area contributed by atoms with Crippen LogP contribution in [0.4, 0.5) is 13.2 Å². The van der Waals surface area contributed by atoms with Gasteiger partial charge in [-0.3, -0.25) is 0 Å². The summed E-state index contributed by atoms with van der Waals surface area (Å²) < 4.78 is 36.1. The predicted octanol–water partition coefficient (Wildman–Crippen LogP) is 4.49. The Kier molecular flexibility index (Phi) is 5.06. The minimum Gasteiger partial charge on any atom is -0.166 e. The van der Waals surface area contributed by atoms with E-state index >= 15 is 0 Å². The molecule has 0 heterocycles. The highest BCUT2D eigenvalue weighted by atomic mass is 79.9. The lowest BCUT2D eigenvalue weighted by Gasteiger charge is -2.07. The lowest BCUT2D eigenvalue weighted by atomic mass is 10.2. The number of hydrogen-bond donors (Lipinski definition) is 0. The van der Waals surface area contributed by atoms with Crippen molar-refractivity contribution in [1.29, 1.82) is 0 Å². The van der Waals surface area contributed by atoms with Gasteiger partial charge in [-0.25, -0.2) is 0 Å². The van der Waals surface area contributed by atoms with Crippen LogP contribution in [0.5, 0.6) is 0 Å². The van der Waals surface area contributed by atoms with E-state index in [0.29, 0.717) is 0 Å². The standard InChI is InChI=1S/C7H4BrF3.C2H6/c8-6-4-2-1-3-5(6)7(9,10)11;1-2/h1-4H;1-2H3. The summed E-state index contributed by atoms with van der Waals surface area (Å²) in [4.78, 5) is 0. The van der Waals surface area contributed by atoms with E-state index in [4.69, 9.17) is 0 Å². The zero-order chi connectivity index (χ0) is 10.5. The largest absolute Gasteiger partial charge is 0.417 e. The maximum absolute atomic E-state index is 12.0. The third kappa shape index (κ3) is 3.81. The minimum atomic E-state index is -4.26. The highest BCUT2D eigenvalue weighted by Crippen LogP contribution is 2.34. The summed E-state index contributed by atoms with van der Waals surface area (Å²) in [6, 6.07) is 5.29. The van der Waals surface area contributed by atoms with Crippen LogP contribution in [-0.2, 0) is 6.18 Å². The van der Waals surface area contributed by atoms with E-state index < -0.39 is 11.7 Å². The smallest absolute Gasteiger partial charge is 0.166 e. The van der Waals surface area contributed by atoms with Crippen LogP contribution < -0.4 is 0 Å².